The largest absolute Gasteiger partial charge is 0.397 e. The van der Waals surface area contributed by atoms with E-state index in [0.717, 1.165) is 6.42 Å². The van der Waals surface area contributed by atoms with E-state index in [2.05, 4.69) is 39.3 Å². The minimum absolute atomic E-state index is 0.0366. The summed E-state index contributed by atoms with van der Waals surface area (Å²) in [6, 6.07) is 0. The van der Waals surface area contributed by atoms with E-state index in [0.29, 0.717) is 25.2 Å². The normalized spacial score (nSPS) is 50.8. The second kappa shape index (κ2) is 11.4. The molecule has 0 aromatic carbocycles. The average Bonchev–Trinajstić information content (AvgIpc) is 3.15. The van der Waals surface area contributed by atoms with Crippen molar-refractivity contribution in [1.29, 1.82) is 0 Å². The van der Waals surface area contributed by atoms with Gasteiger partial charge >= 0.3 is 20.7 Å². The molecule has 43 heavy (non-hydrogen) atoms. The van der Waals surface area contributed by atoms with Crippen molar-refractivity contribution < 1.29 is 49.8 Å². The van der Waals surface area contributed by atoms with Crippen molar-refractivity contribution in [3.8, 4) is 0 Å². The quantitative estimate of drug-likeness (QED) is 0.253. The van der Waals surface area contributed by atoms with Gasteiger partial charge in [-0.05, 0) is 78.4 Å². The fraction of sp³-hybridized carbons (Fsp3) is 1.00. The number of ether oxygens (including phenoxy) is 1. The monoisotopic (exact) mass is 653 g/mol. The van der Waals surface area contributed by atoms with E-state index in [-0.39, 0.29) is 36.2 Å². The van der Waals surface area contributed by atoms with E-state index in [1.807, 2.05) is 6.92 Å². The Bertz CT molecular complexity index is 1260. The zero-order valence-corrected chi connectivity index (χ0v) is 27.8. The van der Waals surface area contributed by atoms with Crippen LogP contribution in [0, 0.1) is 58.2 Å². The molecule has 0 bridgehead atoms. The summed E-state index contributed by atoms with van der Waals surface area (Å²) in [5.41, 5.74) is -1.19. The molecule has 0 aromatic rings. The van der Waals surface area contributed by atoms with Crippen molar-refractivity contribution in [2.45, 2.75) is 116 Å². The summed E-state index contributed by atoms with van der Waals surface area (Å²) in [5.74, 6) is -1.46. The first-order valence-electron chi connectivity index (χ1n) is 15.7. The molecule has 16 atom stereocenters. The van der Waals surface area contributed by atoms with Gasteiger partial charge in [0.15, 0.2) is 0 Å². The number of rotatable bonds is 7. The Labute approximate surface area is 256 Å². The molecule has 0 aromatic heterocycles. The molecule has 4 saturated carbocycles. The Morgan fingerprint density at radius 3 is 2.09 bits per heavy atom. The maximum atomic E-state index is 13.0. The van der Waals surface area contributed by atoms with Crippen LogP contribution in [0.25, 0.3) is 0 Å². The molecule has 5 fully saturated rings. The van der Waals surface area contributed by atoms with Crippen LogP contribution in [0.2, 0.25) is 0 Å². The molecule has 3 unspecified atom stereocenters. The molecule has 0 radical (unpaired) electrons. The zero-order valence-electron chi connectivity index (χ0n) is 26.2. The van der Waals surface area contributed by atoms with Crippen LogP contribution in [0.1, 0.15) is 73.6 Å². The summed E-state index contributed by atoms with van der Waals surface area (Å²) in [4.78, 5) is 0. The summed E-state index contributed by atoms with van der Waals surface area (Å²) >= 11 is 0. The molecule has 5 N–H and O–H groups in total. The van der Waals surface area contributed by atoms with Crippen molar-refractivity contribution in [3.05, 3.63) is 0 Å². The van der Waals surface area contributed by atoms with Gasteiger partial charge in [-0.1, -0.05) is 41.5 Å². The van der Waals surface area contributed by atoms with Crippen molar-refractivity contribution in [2.75, 3.05) is 7.05 Å². The smallest absolute Gasteiger partial charge is 0.390 e. The van der Waals surface area contributed by atoms with Crippen LogP contribution in [-0.4, -0.2) is 86.5 Å². The third-order valence-corrected chi connectivity index (χ3v) is 14.3. The van der Waals surface area contributed by atoms with Crippen LogP contribution >= 0.6 is 0 Å². The molecular weight excluding hydrogens is 602 g/mol. The summed E-state index contributed by atoms with van der Waals surface area (Å²) in [7, 11) is -7.71. The fourth-order valence-electron chi connectivity index (χ4n) is 10.6. The van der Waals surface area contributed by atoms with Crippen LogP contribution in [0.3, 0.4) is 0 Å². The Morgan fingerprint density at radius 1 is 0.884 bits per heavy atom. The molecule has 0 amide bonds. The van der Waals surface area contributed by atoms with Crippen LogP contribution in [0.4, 0.5) is 0 Å². The maximum absolute atomic E-state index is 13.0. The number of fused-ring (bicyclic) bond motifs is 7. The third-order valence-electron chi connectivity index (χ3n) is 12.8. The lowest BCUT2D eigenvalue weighted by molar-refractivity contribution is -0.253. The second-order valence-corrected chi connectivity index (χ2v) is 17.6. The van der Waals surface area contributed by atoms with Gasteiger partial charge in [0.25, 0.3) is 0 Å². The van der Waals surface area contributed by atoms with E-state index in [1.165, 1.54) is 7.05 Å². The fourth-order valence-corrected chi connectivity index (χ4v) is 11.8. The number of aliphatic hydroxyl groups is 3. The predicted octanol–water partition coefficient (Wildman–Crippen LogP) is 1.90. The van der Waals surface area contributed by atoms with Crippen molar-refractivity contribution in [3.63, 3.8) is 0 Å². The number of hydrogen-bond acceptors (Lipinski definition) is 10. The zero-order chi connectivity index (χ0) is 32.0. The first kappa shape index (κ1) is 33.9. The van der Waals surface area contributed by atoms with Gasteiger partial charge in [0.05, 0.1) is 30.5 Å². The lowest BCUT2D eigenvalue weighted by atomic mass is 9.42. The summed E-state index contributed by atoms with van der Waals surface area (Å²) in [6.07, 6.45) is -4.35. The Hall–Kier alpha value is -0.420. The minimum atomic E-state index is -4.85. The summed E-state index contributed by atoms with van der Waals surface area (Å²) < 4.78 is 78.0. The minimum Gasteiger partial charge on any atom is -0.390 e. The highest BCUT2D eigenvalue weighted by Gasteiger charge is 2.72. The molecule has 0 spiro atoms. The van der Waals surface area contributed by atoms with Gasteiger partial charge in [-0.3, -0.25) is 8.74 Å². The molecule has 14 heteroatoms. The second-order valence-electron chi connectivity index (χ2n) is 15.1. The molecule has 4 aliphatic carbocycles. The van der Waals surface area contributed by atoms with E-state index in [9.17, 15) is 36.7 Å². The molecule has 1 aliphatic heterocycles. The van der Waals surface area contributed by atoms with Crippen LogP contribution in [0.15, 0.2) is 0 Å². The van der Waals surface area contributed by atoms with Crippen LogP contribution in [-0.2, 0) is 33.8 Å². The van der Waals surface area contributed by atoms with Gasteiger partial charge in [-0.15, -0.1) is 0 Å². The number of nitrogens with one attached hydrogen (secondary N) is 1. The topological polar surface area (TPSA) is 189 Å². The van der Waals surface area contributed by atoms with E-state index in [1.54, 1.807) is 0 Å². The third kappa shape index (κ3) is 5.53. The predicted molar refractivity (Wildman–Crippen MR) is 156 cm³/mol. The first-order chi connectivity index (χ1) is 19.8. The molecule has 1 heterocycles. The van der Waals surface area contributed by atoms with Gasteiger partial charge in [-0.2, -0.15) is 21.6 Å². The molecule has 250 valence electrons. The maximum Gasteiger partial charge on any atom is 0.397 e. The van der Waals surface area contributed by atoms with Crippen LogP contribution < -0.4 is 4.72 Å². The van der Waals surface area contributed by atoms with Crippen molar-refractivity contribution in [2.24, 2.45) is 58.2 Å². The van der Waals surface area contributed by atoms with E-state index in [4.69, 9.17) is 13.1 Å². The molecule has 12 nitrogen and oxygen atoms in total. The van der Waals surface area contributed by atoms with Crippen molar-refractivity contribution in [1.82, 2.24) is 4.72 Å². The lowest BCUT2D eigenvalue weighted by Crippen LogP contribution is -2.68. The summed E-state index contributed by atoms with van der Waals surface area (Å²) in [6.45, 7) is 12.7. The van der Waals surface area contributed by atoms with Gasteiger partial charge in [-0.25, -0.2) is 4.18 Å². The van der Waals surface area contributed by atoms with Crippen molar-refractivity contribution >= 4 is 20.7 Å². The van der Waals surface area contributed by atoms with Gasteiger partial charge < -0.3 is 20.1 Å². The van der Waals surface area contributed by atoms with E-state index >= 15 is 0 Å². The standard InChI is InChI=1S/C29H51NO11S2/c1-13(2)15(4)18-12-14(3)20-26(39-18)27(41-42(34,35)30-7)21-19-16(8-10-29(20,21)6)28(5)11-9-17(40-43(36,37)38)23(31)22(28)25(33)24(19)32/h13-27,30-33H,8-12H2,1-7H3,(H,36,37,38)/t14-,15+,16+,17-,18?,19-,20+,21-,22-,23+,24-,25+,26?,27?,28-,29-/m1/s1. The highest BCUT2D eigenvalue weighted by molar-refractivity contribution is 7.84. The first-order valence-corrected chi connectivity index (χ1v) is 18.5. The van der Waals surface area contributed by atoms with Gasteiger partial charge in [0, 0.05) is 18.9 Å². The van der Waals surface area contributed by atoms with Gasteiger partial charge in [0.1, 0.15) is 12.2 Å². The van der Waals surface area contributed by atoms with E-state index < -0.39 is 85.9 Å². The van der Waals surface area contributed by atoms with Crippen LogP contribution in [0.5, 0.6) is 0 Å². The highest BCUT2D eigenvalue weighted by Crippen LogP contribution is 2.70. The average molecular weight is 654 g/mol. The molecule has 5 aliphatic rings. The molecule has 5 rings (SSSR count). The Kier molecular flexibility index (Phi) is 8.98. The Morgan fingerprint density at radius 2 is 1.51 bits per heavy atom. The lowest BCUT2D eigenvalue weighted by Gasteiger charge is -2.64. The SMILES string of the molecule is CNS(=O)(=O)OC1C2OC([C@@H](C)C(C)C)C[C@@H](C)[C@@H]2[C@@]2(C)CC[C@H]3[C@@H]([C@@H](O)[C@@H](O)[C@H]4[C@@H](O)[C@H](OS(=O)(=O)O)CC[C@@]43C)[C@H]12. The Balaban J connectivity index is 1.57. The number of hydrogen-bond donors (Lipinski definition) is 5. The highest BCUT2D eigenvalue weighted by atomic mass is 32.3. The molecular formula is C29H51NO11S2. The summed E-state index contributed by atoms with van der Waals surface area (Å²) in [5, 5.41) is 34.8. The number of aliphatic hydroxyl groups excluding tert-OH is 3. The van der Waals surface area contributed by atoms with Gasteiger partial charge in [0.2, 0.25) is 0 Å². The molecule has 1 saturated heterocycles.